The molecule has 0 spiro atoms. The molecule has 5 nitrogen and oxygen atoms in total. The van der Waals surface area contributed by atoms with Crippen molar-refractivity contribution in [2.45, 2.75) is 19.8 Å². The molecule has 2 N–H and O–H groups in total. The fraction of sp³-hybridized carbons (Fsp3) is 0.500. The molecule has 2 rings (SSSR count). The Kier molecular flexibility index (Phi) is 5.60. The molecule has 0 aliphatic carbocycles. The average molecular weight is 289 g/mol. The molecule has 21 heavy (non-hydrogen) atoms. The quantitative estimate of drug-likeness (QED) is 0.740. The number of carbonyl (C=O) groups is 2. The Balaban J connectivity index is 1.69. The van der Waals surface area contributed by atoms with Crippen LogP contribution in [-0.2, 0) is 9.59 Å². The summed E-state index contributed by atoms with van der Waals surface area (Å²) in [4.78, 5) is 25.2. The van der Waals surface area contributed by atoms with E-state index in [9.17, 15) is 9.59 Å². The second kappa shape index (κ2) is 7.67. The van der Waals surface area contributed by atoms with Crippen LogP contribution in [0.1, 0.15) is 19.8 Å². The van der Waals surface area contributed by atoms with Crippen molar-refractivity contribution in [3.8, 4) is 0 Å². The summed E-state index contributed by atoms with van der Waals surface area (Å²) in [6.07, 6.45) is 1.21. The second-order valence-electron chi connectivity index (χ2n) is 5.26. The monoisotopic (exact) mass is 289 g/mol. The predicted octanol–water partition coefficient (Wildman–Crippen LogP) is 1.16. The molecule has 0 bridgehead atoms. The third-order valence-electron chi connectivity index (χ3n) is 3.76. The maximum absolute atomic E-state index is 11.9. The van der Waals surface area contributed by atoms with Crippen molar-refractivity contribution >= 4 is 17.5 Å². The topological polar surface area (TPSA) is 61.4 Å². The van der Waals surface area contributed by atoms with Gasteiger partial charge in [0.1, 0.15) is 0 Å². The Hall–Kier alpha value is -2.04. The van der Waals surface area contributed by atoms with Gasteiger partial charge < -0.3 is 15.5 Å². The zero-order valence-electron chi connectivity index (χ0n) is 12.5. The second-order valence-corrected chi connectivity index (χ2v) is 5.26. The van der Waals surface area contributed by atoms with Crippen LogP contribution >= 0.6 is 0 Å². The van der Waals surface area contributed by atoms with Crippen molar-refractivity contribution < 1.29 is 9.59 Å². The highest BCUT2D eigenvalue weighted by molar-refractivity contribution is 5.89. The fourth-order valence-corrected chi connectivity index (χ4v) is 2.53. The van der Waals surface area contributed by atoms with E-state index in [4.69, 9.17) is 0 Å². The van der Waals surface area contributed by atoms with Gasteiger partial charge in [-0.2, -0.15) is 0 Å². The van der Waals surface area contributed by atoms with Crippen LogP contribution in [0.5, 0.6) is 0 Å². The molecule has 1 heterocycles. The van der Waals surface area contributed by atoms with Gasteiger partial charge in [0.25, 0.3) is 0 Å². The van der Waals surface area contributed by atoms with Crippen molar-refractivity contribution in [3.05, 3.63) is 30.3 Å². The minimum Gasteiger partial charge on any atom is -0.372 e. The summed E-state index contributed by atoms with van der Waals surface area (Å²) in [5, 5.41) is 5.60. The molecule has 2 amide bonds. The van der Waals surface area contributed by atoms with Gasteiger partial charge in [-0.15, -0.1) is 0 Å². The molecule has 1 aliphatic rings. The number of anilines is 1. The number of carbonyl (C=O) groups excluding carboxylic acids is 2. The summed E-state index contributed by atoms with van der Waals surface area (Å²) >= 11 is 0. The van der Waals surface area contributed by atoms with E-state index in [0.717, 1.165) is 19.5 Å². The number of benzene rings is 1. The van der Waals surface area contributed by atoms with E-state index in [2.05, 4.69) is 34.6 Å². The van der Waals surface area contributed by atoms with Crippen molar-refractivity contribution in [2.24, 2.45) is 5.92 Å². The van der Waals surface area contributed by atoms with Crippen molar-refractivity contribution in [1.29, 1.82) is 0 Å². The molecule has 1 aliphatic heterocycles. The Morgan fingerprint density at radius 1 is 1.38 bits per heavy atom. The first-order valence-corrected chi connectivity index (χ1v) is 7.55. The Labute approximate surface area is 125 Å². The Bertz CT molecular complexity index is 476. The SMILES string of the molecule is CCN(CCCNC(=O)C1CNC(=O)C1)c1ccccc1. The molecule has 1 saturated heterocycles. The summed E-state index contributed by atoms with van der Waals surface area (Å²) in [6.45, 7) is 5.09. The zero-order valence-corrected chi connectivity index (χ0v) is 12.5. The van der Waals surface area contributed by atoms with Gasteiger partial charge in [0, 0.05) is 38.3 Å². The lowest BCUT2D eigenvalue weighted by Crippen LogP contribution is -2.34. The predicted molar refractivity (Wildman–Crippen MR) is 83.1 cm³/mol. The van der Waals surface area contributed by atoms with E-state index in [1.54, 1.807) is 0 Å². The molecule has 1 aromatic carbocycles. The van der Waals surface area contributed by atoms with Gasteiger partial charge in [-0.05, 0) is 25.5 Å². The number of nitrogens with one attached hydrogen (secondary N) is 2. The molecular weight excluding hydrogens is 266 g/mol. The maximum atomic E-state index is 11.9. The van der Waals surface area contributed by atoms with Crippen molar-refractivity contribution in [2.75, 3.05) is 31.1 Å². The lowest BCUT2D eigenvalue weighted by atomic mass is 10.1. The minimum atomic E-state index is -0.200. The standard InChI is InChI=1S/C16H23N3O2/c1-2-19(14-7-4-3-5-8-14)10-6-9-17-16(21)13-11-15(20)18-12-13/h3-5,7-8,13H,2,6,9-12H2,1H3,(H,17,21)(H,18,20). The summed E-state index contributed by atoms with van der Waals surface area (Å²) in [5.41, 5.74) is 1.21. The van der Waals surface area contributed by atoms with Gasteiger partial charge in [0.2, 0.25) is 11.8 Å². The van der Waals surface area contributed by atoms with Gasteiger partial charge in [-0.3, -0.25) is 9.59 Å². The molecule has 1 atom stereocenters. The van der Waals surface area contributed by atoms with Crippen LogP contribution in [0.15, 0.2) is 30.3 Å². The summed E-state index contributed by atoms with van der Waals surface area (Å²) in [6, 6.07) is 10.3. The summed E-state index contributed by atoms with van der Waals surface area (Å²) in [7, 11) is 0. The first kappa shape index (κ1) is 15.4. The minimum absolute atomic E-state index is 0.0175. The zero-order chi connectivity index (χ0) is 15.1. The molecule has 0 aromatic heterocycles. The van der Waals surface area contributed by atoms with Crippen LogP contribution in [-0.4, -0.2) is 38.0 Å². The van der Waals surface area contributed by atoms with Crippen LogP contribution in [0, 0.1) is 5.92 Å². The van der Waals surface area contributed by atoms with Crippen LogP contribution in [0.3, 0.4) is 0 Å². The third-order valence-corrected chi connectivity index (χ3v) is 3.76. The number of nitrogens with zero attached hydrogens (tertiary/aromatic N) is 1. The van der Waals surface area contributed by atoms with Crippen LogP contribution in [0.4, 0.5) is 5.69 Å². The first-order valence-electron chi connectivity index (χ1n) is 7.55. The molecule has 0 saturated carbocycles. The number of hydrogen-bond acceptors (Lipinski definition) is 3. The largest absolute Gasteiger partial charge is 0.372 e. The average Bonchev–Trinajstić information content (AvgIpc) is 2.95. The Morgan fingerprint density at radius 2 is 2.14 bits per heavy atom. The molecule has 114 valence electrons. The van der Waals surface area contributed by atoms with Gasteiger partial charge in [0.15, 0.2) is 0 Å². The third kappa shape index (κ3) is 4.48. The van der Waals surface area contributed by atoms with E-state index < -0.39 is 0 Å². The van der Waals surface area contributed by atoms with Gasteiger partial charge in [-0.1, -0.05) is 18.2 Å². The van der Waals surface area contributed by atoms with E-state index >= 15 is 0 Å². The summed E-state index contributed by atoms with van der Waals surface area (Å²) < 4.78 is 0. The van der Waals surface area contributed by atoms with Gasteiger partial charge in [0.05, 0.1) is 5.92 Å². The highest BCUT2D eigenvalue weighted by atomic mass is 16.2. The molecule has 1 aromatic rings. The van der Waals surface area contributed by atoms with E-state index in [-0.39, 0.29) is 17.7 Å². The van der Waals surface area contributed by atoms with E-state index in [1.807, 2.05) is 18.2 Å². The Morgan fingerprint density at radius 3 is 2.76 bits per heavy atom. The highest BCUT2D eigenvalue weighted by Crippen LogP contribution is 2.13. The van der Waals surface area contributed by atoms with Gasteiger partial charge >= 0.3 is 0 Å². The lowest BCUT2D eigenvalue weighted by Gasteiger charge is -2.23. The van der Waals surface area contributed by atoms with Gasteiger partial charge in [-0.25, -0.2) is 0 Å². The van der Waals surface area contributed by atoms with Crippen molar-refractivity contribution in [3.63, 3.8) is 0 Å². The highest BCUT2D eigenvalue weighted by Gasteiger charge is 2.27. The van der Waals surface area contributed by atoms with E-state index in [0.29, 0.717) is 19.5 Å². The van der Waals surface area contributed by atoms with Crippen LogP contribution < -0.4 is 15.5 Å². The fourth-order valence-electron chi connectivity index (χ4n) is 2.53. The molecule has 1 fully saturated rings. The number of amides is 2. The number of para-hydroxylation sites is 1. The lowest BCUT2D eigenvalue weighted by molar-refractivity contribution is -0.126. The number of hydrogen-bond donors (Lipinski definition) is 2. The normalized spacial score (nSPS) is 17.4. The molecule has 0 radical (unpaired) electrons. The van der Waals surface area contributed by atoms with E-state index in [1.165, 1.54) is 5.69 Å². The smallest absolute Gasteiger partial charge is 0.225 e. The molecular formula is C16H23N3O2. The van der Waals surface area contributed by atoms with Crippen LogP contribution in [0.2, 0.25) is 0 Å². The molecule has 5 heteroatoms. The summed E-state index contributed by atoms with van der Waals surface area (Å²) in [5.74, 6) is -0.249. The van der Waals surface area contributed by atoms with Crippen molar-refractivity contribution in [1.82, 2.24) is 10.6 Å². The van der Waals surface area contributed by atoms with Crippen LogP contribution in [0.25, 0.3) is 0 Å². The maximum Gasteiger partial charge on any atom is 0.225 e. The first-order chi connectivity index (χ1) is 10.2. The molecule has 1 unspecified atom stereocenters. The number of rotatable bonds is 7.